The van der Waals surface area contributed by atoms with Crippen LogP contribution in [0.25, 0.3) is 0 Å². The van der Waals surface area contributed by atoms with Crippen molar-refractivity contribution in [3.05, 3.63) is 0 Å². The highest BCUT2D eigenvalue weighted by atomic mass is 19.1. The van der Waals surface area contributed by atoms with Crippen LogP contribution in [0.2, 0.25) is 0 Å². The van der Waals surface area contributed by atoms with Crippen molar-refractivity contribution >= 4 is 0 Å². The molecule has 0 aromatic rings. The maximum absolute atomic E-state index is 12.8. The minimum Gasteiger partial charge on any atom is -0.316 e. The van der Waals surface area contributed by atoms with E-state index >= 15 is 0 Å². The molecule has 0 radical (unpaired) electrons. The molecule has 0 aliphatic carbocycles. The summed E-state index contributed by atoms with van der Waals surface area (Å²) in [5.41, 5.74) is 0. The van der Waals surface area contributed by atoms with Crippen molar-refractivity contribution in [3.8, 4) is 0 Å². The molecule has 60 valence electrons. The topological polar surface area (TPSA) is 15.3 Å². The highest BCUT2D eigenvalue weighted by molar-refractivity contribution is 4.80. The van der Waals surface area contributed by atoms with Crippen LogP contribution >= 0.6 is 0 Å². The molecule has 1 saturated heterocycles. The van der Waals surface area contributed by atoms with E-state index in [1.165, 1.54) is 0 Å². The van der Waals surface area contributed by atoms with Crippen molar-refractivity contribution in [1.29, 1.82) is 0 Å². The van der Waals surface area contributed by atoms with E-state index in [2.05, 4.69) is 5.32 Å². The number of halogens is 1. The van der Waals surface area contributed by atoms with Crippen LogP contribution in [0, 0.1) is 0 Å². The minimum absolute atomic E-state index is 0.341. The van der Waals surface area contributed by atoms with E-state index in [4.69, 9.17) is 0 Å². The summed E-state index contributed by atoms with van der Waals surface area (Å²) in [6, 6.07) is 0.341. The number of likely N-dealkylation sites (tertiary alicyclic amines) is 1. The maximum Gasteiger partial charge on any atom is 0.114 e. The van der Waals surface area contributed by atoms with Crippen LogP contribution < -0.4 is 5.32 Å². The summed E-state index contributed by atoms with van der Waals surface area (Å²) < 4.78 is 12.8. The van der Waals surface area contributed by atoms with E-state index in [9.17, 15) is 4.39 Å². The highest BCUT2D eigenvalue weighted by Gasteiger charge is 2.23. The number of alkyl halides is 1. The Morgan fingerprint density at radius 2 is 2.20 bits per heavy atom. The smallest absolute Gasteiger partial charge is 0.114 e. The van der Waals surface area contributed by atoms with Crippen LogP contribution in [0.15, 0.2) is 0 Å². The molecule has 10 heavy (non-hydrogen) atoms. The van der Waals surface area contributed by atoms with Gasteiger partial charge in [0.05, 0.1) is 0 Å². The van der Waals surface area contributed by atoms with E-state index < -0.39 is 6.17 Å². The maximum atomic E-state index is 12.8. The lowest BCUT2D eigenvalue weighted by Crippen LogP contribution is -2.47. The Hall–Kier alpha value is -0.150. The van der Waals surface area contributed by atoms with Gasteiger partial charge in [-0.05, 0) is 20.5 Å². The fraction of sp³-hybridized carbons (Fsp3) is 1.00. The summed E-state index contributed by atoms with van der Waals surface area (Å²) in [4.78, 5) is 2.02. The summed E-state index contributed by atoms with van der Waals surface area (Å²) in [6.07, 6.45) is 0.0251. The molecule has 1 aliphatic heterocycles. The second kappa shape index (κ2) is 3.30. The van der Waals surface area contributed by atoms with Gasteiger partial charge < -0.3 is 10.2 Å². The van der Waals surface area contributed by atoms with Crippen molar-refractivity contribution in [2.24, 2.45) is 0 Å². The van der Waals surface area contributed by atoms with Crippen molar-refractivity contribution in [2.45, 2.75) is 18.6 Å². The Morgan fingerprint density at radius 1 is 1.50 bits per heavy atom. The molecule has 0 aromatic heterocycles. The molecule has 0 aromatic carbocycles. The van der Waals surface area contributed by atoms with Crippen molar-refractivity contribution < 1.29 is 4.39 Å². The summed E-state index contributed by atoms with van der Waals surface area (Å²) in [7, 11) is 3.84. The second-order valence-corrected chi connectivity index (χ2v) is 3.04. The number of nitrogens with zero attached hydrogens (tertiary/aromatic N) is 1. The molecular formula is C7H15FN2. The van der Waals surface area contributed by atoms with Gasteiger partial charge in [-0.25, -0.2) is 4.39 Å². The number of hydrogen-bond acceptors (Lipinski definition) is 2. The Kier molecular flexibility index (Phi) is 2.63. The van der Waals surface area contributed by atoms with Crippen LogP contribution in [0.5, 0.6) is 0 Å². The third kappa shape index (κ3) is 1.92. The van der Waals surface area contributed by atoms with E-state index in [0.29, 0.717) is 19.0 Å². The average Bonchev–Trinajstić information content (AvgIpc) is 1.85. The number of piperidine rings is 1. The summed E-state index contributed by atoms with van der Waals surface area (Å²) in [5.74, 6) is 0. The monoisotopic (exact) mass is 146 g/mol. The van der Waals surface area contributed by atoms with Gasteiger partial charge in [0.15, 0.2) is 0 Å². The molecule has 0 bridgehead atoms. The molecule has 1 heterocycles. The van der Waals surface area contributed by atoms with Crippen LogP contribution in [-0.2, 0) is 0 Å². The number of nitrogens with one attached hydrogen (secondary N) is 1. The molecule has 3 heteroatoms. The lowest BCUT2D eigenvalue weighted by atomic mass is 10.1. The predicted molar refractivity (Wildman–Crippen MR) is 39.9 cm³/mol. The lowest BCUT2D eigenvalue weighted by molar-refractivity contribution is 0.136. The molecule has 1 N–H and O–H groups in total. The predicted octanol–water partition coefficient (Wildman–Crippen LogP) is 0.248. The highest BCUT2D eigenvalue weighted by Crippen LogP contribution is 2.11. The first kappa shape index (κ1) is 7.95. The largest absolute Gasteiger partial charge is 0.316 e. The van der Waals surface area contributed by atoms with Gasteiger partial charge >= 0.3 is 0 Å². The molecule has 2 nitrogen and oxygen atoms in total. The van der Waals surface area contributed by atoms with Crippen LogP contribution in [0.1, 0.15) is 6.42 Å². The van der Waals surface area contributed by atoms with Crippen LogP contribution in [0.3, 0.4) is 0 Å². The summed E-state index contributed by atoms with van der Waals surface area (Å²) >= 11 is 0. The fourth-order valence-electron chi connectivity index (χ4n) is 1.46. The van der Waals surface area contributed by atoms with Crippen LogP contribution in [-0.4, -0.2) is 44.3 Å². The molecule has 0 saturated carbocycles. The fourth-order valence-corrected chi connectivity index (χ4v) is 1.46. The molecule has 1 aliphatic rings. The Morgan fingerprint density at radius 3 is 2.70 bits per heavy atom. The second-order valence-electron chi connectivity index (χ2n) is 3.04. The third-order valence-corrected chi connectivity index (χ3v) is 1.99. The van der Waals surface area contributed by atoms with Gasteiger partial charge in [-0.2, -0.15) is 0 Å². The SMILES string of the molecule is CNC1C[C@@H](F)CN(C)C1. The normalized spacial score (nSPS) is 36.3. The summed E-state index contributed by atoms with van der Waals surface area (Å²) in [5, 5.41) is 3.08. The van der Waals surface area contributed by atoms with Crippen LogP contribution in [0.4, 0.5) is 4.39 Å². The van der Waals surface area contributed by atoms with Gasteiger partial charge in [0, 0.05) is 19.1 Å². The molecule has 0 spiro atoms. The standard InChI is InChI=1S/C7H15FN2/c1-9-7-3-6(8)4-10(2)5-7/h6-7,9H,3-5H2,1-2H3/t6-,7?/m1/s1. The van der Waals surface area contributed by atoms with E-state index in [1.54, 1.807) is 0 Å². The molecule has 1 fully saturated rings. The van der Waals surface area contributed by atoms with Gasteiger partial charge in [0.2, 0.25) is 0 Å². The van der Waals surface area contributed by atoms with Gasteiger partial charge in [-0.15, -0.1) is 0 Å². The van der Waals surface area contributed by atoms with Gasteiger partial charge in [-0.1, -0.05) is 0 Å². The Bertz CT molecular complexity index is 97.8. The number of likely N-dealkylation sites (N-methyl/N-ethyl adjacent to an activating group) is 2. The van der Waals surface area contributed by atoms with E-state index in [1.807, 2.05) is 19.0 Å². The first-order valence-corrected chi connectivity index (χ1v) is 3.72. The number of hydrogen-bond donors (Lipinski definition) is 1. The quantitative estimate of drug-likeness (QED) is 0.570. The number of rotatable bonds is 1. The van der Waals surface area contributed by atoms with Gasteiger partial charge in [-0.3, -0.25) is 0 Å². The molecular weight excluding hydrogens is 131 g/mol. The molecule has 0 amide bonds. The average molecular weight is 146 g/mol. The Balaban J connectivity index is 2.35. The first-order valence-electron chi connectivity index (χ1n) is 3.72. The zero-order valence-corrected chi connectivity index (χ0v) is 6.60. The molecule has 2 atom stereocenters. The molecule has 1 unspecified atom stereocenters. The minimum atomic E-state index is -0.642. The van der Waals surface area contributed by atoms with Gasteiger partial charge in [0.25, 0.3) is 0 Å². The van der Waals surface area contributed by atoms with Crippen molar-refractivity contribution in [1.82, 2.24) is 10.2 Å². The lowest BCUT2D eigenvalue weighted by Gasteiger charge is -2.31. The first-order chi connectivity index (χ1) is 4.72. The van der Waals surface area contributed by atoms with E-state index in [0.717, 1.165) is 6.54 Å². The zero-order chi connectivity index (χ0) is 7.56. The van der Waals surface area contributed by atoms with Gasteiger partial charge in [0.1, 0.15) is 6.17 Å². The third-order valence-electron chi connectivity index (χ3n) is 1.99. The molecule has 1 rings (SSSR count). The van der Waals surface area contributed by atoms with Crippen molar-refractivity contribution in [3.63, 3.8) is 0 Å². The van der Waals surface area contributed by atoms with E-state index in [-0.39, 0.29) is 0 Å². The summed E-state index contributed by atoms with van der Waals surface area (Å²) in [6.45, 7) is 1.56. The van der Waals surface area contributed by atoms with Crippen molar-refractivity contribution in [2.75, 3.05) is 27.2 Å². The zero-order valence-electron chi connectivity index (χ0n) is 6.60. The Labute approximate surface area is 61.4 Å².